The SMILES string of the molecule is Cc1ccc(-c2c(C)c3c(c(C)c2[C@H](OC(C)(C)C)C(=O)O)N(S(C)(=O)=O)Cc2ncccc2-3)cc1. The second kappa shape index (κ2) is 9.01. The van der Waals surface area contributed by atoms with E-state index >= 15 is 0 Å². The number of anilines is 1. The molecule has 0 saturated carbocycles. The van der Waals surface area contributed by atoms with E-state index in [1.165, 1.54) is 4.31 Å². The van der Waals surface area contributed by atoms with E-state index in [4.69, 9.17) is 4.74 Å². The minimum Gasteiger partial charge on any atom is -0.479 e. The summed E-state index contributed by atoms with van der Waals surface area (Å²) in [7, 11) is -3.70. The summed E-state index contributed by atoms with van der Waals surface area (Å²) in [6, 6.07) is 11.6. The maximum atomic E-state index is 13.0. The Hall–Kier alpha value is -3.23. The molecule has 0 saturated heterocycles. The number of nitrogens with zero attached hydrogens (tertiary/aromatic N) is 2. The van der Waals surface area contributed by atoms with Crippen molar-refractivity contribution in [3.8, 4) is 22.3 Å². The first kappa shape index (κ1) is 25.9. The zero-order valence-electron chi connectivity index (χ0n) is 21.7. The maximum absolute atomic E-state index is 13.0. The molecule has 0 fully saturated rings. The summed E-state index contributed by atoms with van der Waals surface area (Å²) in [6.07, 6.45) is 1.51. The predicted octanol–water partition coefficient (Wildman–Crippen LogP) is 5.56. The van der Waals surface area contributed by atoms with Crippen LogP contribution in [-0.2, 0) is 26.1 Å². The van der Waals surface area contributed by atoms with Crippen LogP contribution in [0.2, 0.25) is 0 Å². The van der Waals surface area contributed by atoms with Gasteiger partial charge in [-0.25, -0.2) is 13.2 Å². The van der Waals surface area contributed by atoms with Crippen molar-refractivity contribution in [1.82, 2.24) is 4.98 Å². The highest BCUT2D eigenvalue weighted by Gasteiger charge is 2.38. The Morgan fingerprint density at radius 3 is 2.25 bits per heavy atom. The van der Waals surface area contributed by atoms with E-state index in [0.29, 0.717) is 22.5 Å². The van der Waals surface area contributed by atoms with Crippen molar-refractivity contribution in [1.29, 1.82) is 0 Å². The molecule has 3 aromatic rings. The molecule has 2 aromatic carbocycles. The van der Waals surface area contributed by atoms with Gasteiger partial charge in [0.05, 0.1) is 29.8 Å². The molecule has 4 rings (SSSR count). The summed E-state index contributed by atoms with van der Waals surface area (Å²) >= 11 is 0. The number of rotatable bonds is 5. The van der Waals surface area contributed by atoms with E-state index in [0.717, 1.165) is 39.6 Å². The highest BCUT2D eigenvalue weighted by atomic mass is 32.2. The second-order valence-electron chi connectivity index (χ2n) is 10.3. The van der Waals surface area contributed by atoms with Gasteiger partial charge in [0.15, 0.2) is 6.10 Å². The van der Waals surface area contributed by atoms with Crippen LogP contribution in [0.15, 0.2) is 42.6 Å². The molecule has 0 bridgehead atoms. The van der Waals surface area contributed by atoms with Gasteiger partial charge in [0.2, 0.25) is 10.0 Å². The van der Waals surface area contributed by atoms with Crippen LogP contribution in [0.25, 0.3) is 22.3 Å². The molecule has 190 valence electrons. The zero-order valence-corrected chi connectivity index (χ0v) is 22.5. The Morgan fingerprint density at radius 2 is 1.69 bits per heavy atom. The zero-order chi connectivity index (χ0) is 26.6. The van der Waals surface area contributed by atoms with Crippen LogP contribution < -0.4 is 4.31 Å². The smallest absolute Gasteiger partial charge is 0.337 e. The summed E-state index contributed by atoms with van der Waals surface area (Å²) in [6.45, 7) is 11.2. The molecule has 0 unspecified atom stereocenters. The number of sulfonamides is 1. The summed E-state index contributed by atoms with van der Waals surface area (Å²) in [5.41, 5.74) is 6.40. The average Bonchev–Trinajstić information content (AvgIpc) is 2.78. The van der Waals surface area contributed by atoms with E-state index in [-0.39, 0.29) is 6.54 Å². The number of aliphatic carboxylic acids is 1. The van der Waals surface area contributed by atoms with Gasteiger partial charge in [-0.1, -0.05) is 35.9 Å². The molecule has 1 aromatic heterocycles. The van der Waals surface area contributed by atoms with Crippen LogP contribution in [0.1, 0.15) is 54.8 Å². The van der Waals surface area contributed by atoms with Crippen molar-refractivity contribution >= 4 is 21.7 Å². The Bertz CT molecular complexity index is 1450. The third-order valence-electron chi connectivity index (χ3n) is 6.42. The van der Waals surface area contributed by atoms with Gasteiger partial charge in [-0.3, -0.25) is 9.29 Å². The summed E-state index contributed by atoms with van der Waals surface area (Å²) in [4.78, 5) is 17.1. The highest BCUT2D eigenvalue weighted by Crippen LogP contribution is 2.51. The molecule has 1 aliphatic heterocycles. The lowest BCUT2D eigenvalue weighted by Gasteiger charge is -2.36. The second-order valence-corrected chi connectivity index (χ2v) is 12.3. The number of hydrogen-bond acceptors (Lipinski definition) is 5. The Balaban J connectivity index is 2.20. The minimum absolute atomic E-state index is 0.0729. The van der Waals surface area contributed by atoms with Crippen LogP contribution in [0, 0.1) is 20.8 Å². The average molecular weight is 509 g/mol. The molecule has 2 heterocycles. The van der Waals surface area contributed by atoms with Crippen LogP contribution in [-0.4, -0.2) is 36.3 Å². The van der Waals surface area contributed by atoms with Crippen LogP contribution in [0.4, 0.5) is 5.69 Å². The normalized spacial score (nSPS) is 14.2. The minimum atomic E-state index is -3.70. The van der Waals surface area contributed by atoms with Gasteiger partial charge in [-0.15, -0.1) is 0 Å². The monoisotopic (exact) mass is 508 g/mol. The summed E-state index contributed by atoms with van der Waals surface area (Å²) in [5, 5.41) is 10.3. The molecule has 1 aliphatic rings. The lowest BCUT2D eigenvalue weighted by molar-refractivity contribution is -0.160. The topological polar surface area (TPSA) is 96.8 Å². The molecule has 0 aliphatic carbocycles. The molecular weight excluding hydrogens is 476 g/mol. The molecule has 1 atom stereocenters. The van der Waals surface area contributed by atoms with Crippen LogP contribution in [0.5, 0.6) is 0 Å². The Morgan fingerprint density at radius 1 is 1.06 bits per heavy atom. The fourth-order valence-electron chi connectivity index (χ4n) is 4.94. The standard InChI is InChI=1S/C28H32N2O5S/c1-16-10-12-19(13-11-16)22-17(2)23-20-9-8-14-29-21(20)15-30(36(7,33)34)25(23)18(3)24(22)26(27(31)32)35-28(4,5)6/h8-14,26H,15H2,1-7H3,(H,31,32)/t26-/m0/s1. The molecule has 0 spiro atoms. The molecule has 0 radical (unpaired) electrons. The van der Waals surface area contributed by atoms with Crippen molar-refractivity contribution in [2.24, 2.45) is 0 Å². The third kappa shape index (κ3) is 4.63. The van der Waals surface area contributed by atoms with Gasteiger partial charge < -0.3 is 9.84 Å². The van der Waals surface area contributed by atoms with E-state index < -0.39 is 27.7 Å². The van der Waals surface area contributed by atoms with Crippen LogP contribution in [0.3, 0.4) is 0 Å². The fraction of sp³-hybridized carbons (Fsp3) is 0.357. The number of pyridine rings is 1. The molecule has 0 amide bonds. The van der Waals surface area contributed by atoms with Gasteiger partial charge >= 0.3 is 5.97 Å². The summed E-state index contributed by atoms with van der Waals surface area (Å²) < 4.78 is 33.5. The largest absolute Gasteiger partial charge is 0.479 e. The van der Waals surface area contributed by atoms with Crippen molar-refractivity contribution in [3.63, 3.8) is 0 Å². The number of aromatic nitrogens is 1. The van der Waals surface area contributed by atoms with E-state index in [1.807, 2.05) is 50.2 Å². The van der Waals surface area contributed by atoms with Crippen molar-refractivity contribution < 1.29 is 23.1 Å². The van der Waals surface area contributed by atoms with Gasteiger partial charge in [0.25, 0.3) is 0 Å². The van der Waals surface area contributed by atoms with Crippen molar-refractivity contribution in [2.45, 2.75) is 59.8 Å². The lowest BCUT2D eigenvalue weighted by Crippen LogP contribution is -2.35. The van der Waals surface area contributed by atoms with Gasteiger partial charge in [0.1, 0.15) is 0 Å². The number of benzene rings is 2. The first-order valence-electron chi connectivity index (χ1n) is 11.8. The third-order valence-corrected chi connectivity index (χ3v) is 7.53. The van der Waals surface area contributed by atoms with E-state index in [1.54, 1.807) is 33.9 Å². The molecule has 7 nitrogen and oxygen atoms in total. The Kier molecular flexibility index (Phi) is 6.47. The lowest BCUT2D eigenvalue weighted by atomic mass is 9.81. The first-order valence-corrected chi connectivity index (χ1v) is 13.6. The van der Waals surface area contributed by atoms with E-state index in [9.17, 15) is 18.3 Å². The Labute approximate surface area is 212 Å². The summed E-state index contributed by atoms with van der Waals surface area (Å²) in [5.74, 6) is -1.13. The van der Waals surface area contributed by atoms with Gasteiger partial charge in [0, 0.05) is 22.9 Å². The van der Waals surface area contributed by atoms with Gasteiger partial charge in [-0.05, 0) is 69.9 Å². The predicted molar refractivity (Wildman–Crippen MR) is 142 cm³/mol. The molecule has 1 N–H and O–H groups in total. The van der Waals surface area contributed by atoms with Gasteiger partial charge in [-0.2, -0.15) is 0 Å². The number of carbonyl (C=O) groups is 1. The first-order chi connectivity index (χ1) is 16.7. The fourth-order valence-corrected chi connectivity index (χ4v) is 5.86. The number of hydrogen-bond donors (Lipinski definition) is 1. The van der Waals surface area contributed by atoms with Crippen molar-refractivity contribution in [3.05, 3.63) is 70.5 Å². The maximum Gasteiger partial charge on any atom is 0.337 e. The number of fused-ring (bicyclic) bond motifs is 3. The number of carboxylic acids is 1. The number of ether oxygens (including phenoxy) is 1. The number of aryl methyl sites for hydroxylation is 1. The van der Waals surface area contributed by atoms with Crippen molar-refractivity contribution in [2.75, 3.05) is 10.6 Å². The highest BCUT2D eigenvalue weighted by molar-refractivity contribution is 7.92. The van der Waals surface area contributed by atoms with Crippen LogP contribution >= 0.6 is 0 Å². The molecular formula is C28H32N2O5S. The quantitative estimate of drug-likeness (QED) is 0.485. The molecule has 8 heteroatoms. The molecule has 36 heavy (non-hydrogen) atoms. The van der Waals surface area contributed by atoms with E-state index in [2.05, 4.69) is 4.98 Å². The number of carboxylic acid groups (broad SMARTS) is 1.